The molecule has 26 heavy (non-hydrogen) atoms. The van der Waals surface area contributed by atoms with Crippen LogP contribution in [0.3, 0.4) is 0 Å². The monoisotopic (exact) mass is 394 g/mol. The molecule has 0 unspecified atom stereocenters. The van der Waals surface area contributed by atoms with Crippen LogP contribution < -0.4 is 4.72 Å². The highest BCUT2D eigenvalue weighted by Gasteiger charge is 2.19. The van der Waals surface area contributed by atoms with E-state index < -0.39 is 14.9 Å². The first kappa shape index (κ1) is 18.0. The predicted octanol–water partition coefficient (Wildman–Crippen LogP) is 2.78. The molecule has 2 aromatic carbocycles. The number of aromatic nitrogens is 2. The number of nitro groups is 1. The highest BCUT2D eigenvalue weighted by molar-refractivity contribution is 7.89. The fraction of sp³-hybridized carbons (Fsp3) is 0.0667. The van der Waals surface area contributed by atoms with E-state index >= 15 is 0 Å². The first-order valence-electron chi connectivity index (χ1n) is 7.18. The van der Waals surface area contributed by atoms with Gasteiger partial charge in [0, 0.05) is 17.7 Å². The van der Waals surface area contributed by atoms with E-state index in [0.29, 0.717) is 10.6 Å². The zero-order valence-corrected chi connectivity index (χ0v) is 14.6. The van der Waals surface area contributed by atoms with Gasteiger partial charge in [-0.25, -0.2) is 13.1 Å². The Morgan fingerprint density at radius 1 is 1.19 bits per heavy atom. The summed E-state index contributed by atoms with van der Waals surface area (Å²) >= 11 is 6.05. The molecule has 0 aliphatic rings. The maximum atomic E-state index is 12.3. The van der Waals surface area contributed by atoms with Crippen LogP contribution in [0.4, 0.5) is 5.69 Å². The molecule has 0 aliphatic heterocycles. The molecule has 1 aromatic heterocycles. The average molecular weight is 395 g/mol. The molecule has 3 aromatic rings. The van der Waals surface area contributed by atoms with Crippen LogP contribution in [0.5, 0.6) is 0 Å². The predicted molar refractivity (Wildman–Crippen MR) is 91.9 cm³/mol. The van der Waals surface area contributed by atoms with Gasteiger partial charge >= 0.3 is 0 Å². The van der Waals surface area contributed by atoms with Crippen molar-refractivity contribution in [3.8, 4) is 11.4 Å². The van der Waals surface area contributed by atoms with Crippen molar-refractivity contribution in [2.24, 2.45) is 0 Å². The van der Waals surface area contributed by atoms with Crippen molar-refractivity contribution in [2.75, 3.05) is 0 Å². The summed E-state index contributed by atoms with van der Waals surface area (Å²) in [5, 5.41) is 15.0. The van der Waals surface area contributed by atoms with Crippen LogP contribution in [0.25, 0.3) is 11.4 Å². The van der Waals surface area contributed by atoms with Gasteiger partial charge < -0.3 is 4.52 Å². The third-order valence-corrected chi connectivity index (χ3v) is 5.06. The number of nitrogens with one attached hydrogen (secondary N) is 1. The van der Waals surface area contributed by atoms with Crippen LogP contribution in [0, 0.1) is 10.1 Å². The Balaban J connectivity index is 1.76. The number of benzene rings is 2. The van der Waals surface area contributed by atoms with Gasteiger partial charge in [-0.2, -0.15) is 4.98 Å². The van der Waals surface area contributed by atoms with Crippen LogP contribution in [-0.4, -0.2) is 23.5 Å². The van der Waals surface area contributed by atoms with Gasteiger partial charge in [-0.05, 0) is 18.2 Å². The Labute approximate surface area is 152 Å². The molecule has 0 amide bonds. The van der Waals surface area contributed by atoms with Crippen LogP contribution >= 0.6 is 11.6 Å². The maximum absolute atomic E-state index is 12.3. The first-order chi connectivity index (χ1) is 12.4. The number of nitrogens with zero attached hydrogens (tertiary/aromatic N) is 3. The van der Waals surface area contributed by atoms with E-state index in [1.54, 1.807) is 24.3 Å². The Morgan fingerprint density at radius 2 is 1.96 bits per heavy atom. The van der Waals surface area contributed by atoms with Gasteiger partial charge in [0.1, 0.15) is 0 Å². The van der Waals surface area contributed by atoms with Crippen LogP contribution in [0.2, 0.25) is 5.02 Å². The normalized spacial score (nSPS) is 11.4. The van der Waals surface area contributed by atoms with E-state index in [1.165, 1.54) is 18.2 Å². The summed E-state index contributed by atoms with van der Waals surface area (Å²) in [6.07, 6.45) is 0. The molecule has 134 valence electrons. The van der Waals surface area contributed by atoms with Crippen molar-refractivity contribution in [3.63, 3.8) is 0 Å². The minimum atomic E-state index is -3.99. The molecule has 0 fully saturated rings. The van der Waals surface area contributed by atoms with Gasteiger partial charge in [0.25, 0.3) is 5.69 Å². The molecule has 1 heterocycles. The van der Waals surface area contributed by atoms with Crippen LogP contribution in [0.1, 0.15) is 5.89 Å². The Kier molecular flexibility index (Phi) is 4.98. The molecule has 1 N–H and O–H groups in total. The third-order valence-electron chi connectivity index (χ3n) is 3.34. The fourth-order valence-corrected chi connectivity index (χ4v) is 3.32. The molecule has 0 saturated carbocycles. The molecule has 0 saturated heterocycles. The van der Waals surface area contributed by atoms with Gasteiger partial charge in [0.05, 0.1) is 21.4 Å². The second-order valence-corrected chi connectivity index (χ2v) is 7.24. The molecular formula is C15H11ClN4O5S. The largest absolute Gasteiger partial charge is 0.338 e. The van der Waals surface area contributed by atoms with Crippen molar-refractivity contribution in [3.05, 3.63) is 69.6 Å². The van der Waals surface area contributed by atoms with E-state index in [-0.39, 0.29) is 28.8 Å². The second kappa shape index (κ2) is 7.20. The molecule has 0 bridgehead atoms. The molecule has 0 aliphatic carbocycles. The number of non-ortho nitro benzene ring substituents is 1. The summed E-state index contributed by atoms with van der Waals surface area (Å²) in [5.41, 5.74) is 0.220. The summed E-state index contributed by atoms with van der Waals surface area (Å²) in [5.74, 6) is 0.245. The van der Waals surface area contributed by atoms with E-state index in [9.17, 15) is 18.5 Å². The Hall–Kier alpha value is -2.82. The van der Waals surface area contributed by atoms with Gasteiger partial charge in [0.15, 0.2) is 0 Å². The minimum Gasteiger partial charge on any atom is -0.338 e. The van der Waals surface area contributed by atoms with E-state index in [0.717, 1.165) is 6.07 Å². The number of sulfonamides is 1. The minimum absolute atomic E-state index is 0.0222. The molecule has 9 nitrogen and oxygen atoms in total. The Bertz CT molecular complexity index is 1070. The zero-order valence-electron chi connectivity index (χ0n) is 13.0. The van der Waals surface area contributed by atoms with E-state index in [2.05, 4.69) is 14.9 Å². The van der Waals surface area contributed by atoms with E-state index in [4.69, 9.17) is 16.1 Å². The van der Waals surface area contributed by atoms with Gasteiger partial charge in [-0.3, -0.25) is 10.1 Å². The lowest BCUT2D eigenvalue weighted by molar-refractivity contribution is -0.385. The third kappa shape index (κ3) is 3.87. The summed E-state index contributed by atoms with van der Waals surface area (Å²) in [6, 6.07) is 11.6. The zero-order chi connectivity index (χ0) is 18.7. The lowest BCUT2D eigenvalue weighted by Gasteiger charge is -2.04. The van der Waals surface area contributed by atoms with Crippen molar-refractivity contribution in [1.82, 2.24) is 14.9 Å². The maximum Gasteiger partial charge on any atom is 0.270 e. The topological polar surface area (TPSA) is 128 Å². The SMILES string of the molecule is O=[N+]([O-])c1cccc(S(=O)(=O)NCc2nc(-c3ccccc3Cl)no2)c1. The molecule has 0 radical (unpaired) electrons. The smallest absolute Gasteiger partial charge is 0.270 e. The fourth-order valence-electron chi connectivity index (χ4n) is 2.08. The van der Waals surface area contributed by atoms with Crippen molar-refractivity contribution in [2.45, 2.75) is 11.4 Å². The summed E-state index contributed by atoms with van der Waals surface area (Å²) in [6.45, 7) is -0.275. The van der Waals surface area contributed by atoms with Crippen molar-refractivity contribution < 1.29 is 17.9 Å². The molecular weight excluding hydrogens is 384 g/mol. The van der Waals surface area contributed by atoms with Crippen molar-refractivity contribution >= 4 is 27.3 Å². The Morgan fingerprint density at radius 3 is 2.69 bits per heavy atom. The summed E-state index contributed by atoms with van der Waals surface area (Å²) < 4.78 is 31.8. The van der Waals surface area contributed by atoms with Gasteiger partial charge in [-0.15, -0.1) is 0 Å². The van der Waals surface area contributed by atoms with Crippen LogP contribution in [0.15, 0.2) is 57.9 Å². The number of hydrogen-bond donors (Lipinski definition) is 1. The molecule has 0 spiro atoms. The molecule has 11 heteroatoms. The van der Waals surface area contributed by atoms with Gasteiger partial charge in [-0.1, -0.05) is 35.0 Å². The summed E-state index contributed by atoms with van der Waals surface area (Å²) in [7, 11) is -3.99. The number of halogens is 1. The second-order valence-electron chi connectivity index (χ2n) is 5.07. The molecule has 0 atom stereocenters. The highest BCUT2D eigenvalue weighted by atomic mass is 35.5. The number of nitro benzene ring substituents is 1. The van der Waals surface area contributed by atoms with Crippen molar-refractivity contribution in [1.29, 1.82) is 0 Å². The average Bonchev–Trinajstić information content (AvgIpc) is 3.09. The lowest BCUT2D eigenvalue weighted by Crippen LogP contribution is -2.23. The molecule has 3 rings (SSSR count). The number of hydrogen-bond acceptors (Lipinski definition) is 7. The first-order valence-corrected chi connectivity index (χ1v) is 9.04. The van der Waals surface area contributed by atoms with Gasteiger partial charge in [0.2, 0.25) is 21.7 Å². The van der Waals surface area contributed by atoms with E-state index in [1.807, 2.05) is 0 Å². The standard InChI is InChI=1S/C15H11ClN4O5S/c16-13-7-2-1-6-12(13)15-18-14(25-19-15)9-17-26(23,24)11-5-3-4-10(8-11)20(21)22/h1-8,17H,9H2. The summed E-state index contributed by atoms with van der Waals surface area (Å²) in [4.78, 5) is 13.9. The highest BCUT2D eigenvalue weighted by Crippen LogP contribution is 2.25. The quantitative estimate of drug-likeness (QED) is 0.502. The number of rotatable bonds is 6. The van der Waals surface area contributed by atoms with Crippen LogP contribution in [-0.2, 0) is 16.6 Å². The lowest BCUT2D eigenvalue weighted by atomic mass is 10.2.